The van der Waals surface area contributed by atoms with Crippen LogP contribution in [0.2, 0.25) is 0 Å². The molecule has 6 heteroatoms. The van der Waals surface area contributed by atoms with Crippen molar-refractivity contribution in [3.63, 3.8) is 0 Å². The van der Waals surface area contributed by atoms with Gasteiger partial charge in [-0.2, -0.15) is 0 Å². The molecule has 0 saturated carbocycles. The normalized spacial score (nSPS) is 15.6. The van der Waals surface area contributed by atoms with Crippen LogP contribution in [0, 0.1) is 5.41 Å². The summed E-state index contributed by atoms with van der Waals surface area (Å²) >= 11 is 0. The number of hydrogen-bond donors (Lipinski definition) is 1. The van der Waals surface area contributed by atoms with Gasteiger partial charge in [0.25, 0.3) is 0 Å². The fourth-order valence-corrected chi connectivity index (χ4v) is 4.99. The first kappa shape index (κ1) is 26.4. The molecule has 1 N–H and O–H groups in total. The van der Waals surface area contributed by atoms with Crippen molar-refractivity contribution in [3.8, 4) is 16.9 Å². The molecule has 194 valence electrons. The van der Waals surface area contributed by atoms with Crippen molar-refractivity contribution in [2.24, 2.45) is 5.41 Å². The van der Waals surface area contributed by atoms with Crippen LogP contribution in [0.5, 0.6) is 5.75 Å². The molecule has 1 amide bonds. The highest BCUT2D eigenvalue weighted by Gasteiger charge is 2.33. The van der Waals surface area contributed by atoms with E-state index in [0.717, 1.165) is 28.8 Å². The zero-order valence-electron chi connectivity index (χ0n) is 22.4. The van der Waals surface area contributed by atoms with Gasteiger partial charge in [0.1, 0.15) is 12.4 Å². The maximum Gasteiger partial charge on any atom is 0.407 e. The van der Waals surface area contributed by atoms with Crippen LogP contribution in [-0.2, 0) is 19.4 Å². The van der Waals surface area contributed by atoms with Crippen LogP contribution in [-0.4, -0.2) is 40.0 Å². The highest BCUT2D eigenvalue weighted by atomic mass is 16.5. The number of nitrogens with zero attached hydrogens (tertiary/aromatic N) is 2. The molecule has 1 aliphatic rings. The van der Waals surface area contributed by atoms with Crippen LogP contribution in [0.1, 0.15) is 73.3 Å². The summed E-state index contributed by atoms with van der Waals surface area (Å²) in [5.41, 5.74) is 6.69. The molecule has 1 atom stereocenters. The van der Waals surface area contributed by atoms with E-state index in [-0.39, 0.29) is 17.1 Å². The van der Waals surface area contributed by atoms with Gasteiger partial charge in [-0.1, -0.05) is 45.9 Å². The van der Waals surface area contributed by atoms with Crippen molar-refractivity contribution in [1.82, 2.24) is 9.88 Å². The number of benzene rings is 2. The van der Waals surface area contributed by atoms with Gasteiger partial charge in [-0.05, 0) is 77.8 Å². The second-order valence-electron chi connectivity index (χ2n) is 10.9. The predicted octanol–water partition coefficient (Wildman–Crippen LogP) is 6.76. The van der Waals surface area contributed by atoms with Crippen molar-refractivity contribution in [2.45, 2.75) is 60.0 Å². The maximum atomic E-state index is 12.2. The van der Waals surface area contributed by atoms with Crippen LogP contribution in [0.3, 0.4) is 0 Å². The summed E-state index contributed by atoms with van der Waals surface area (Å²) in [6.07, 6.45) is 2.49. The zero-order chi connectivity index (χ0) is 26.7. The SMILES string of the molecule is CCc1ccnc(COc2ccc(C(C)=O)cc2-c2ccc3c(c2)CCN(C(=O)O)CC3C(C)(C)C)c1. The Bertz CT molecular complexity index is 1310. The number of hydrogen-bond acceptors (Lipinski definition) is 4. The molecule has 0 bridgehead atoms. The highest BCUT2D eigenvalue weighted by molar-refractivity contribution is 5.96. The van der Waals surface area contributed by atoms with Crippen molar-refractivity contribution in [2.75, 3.05) is 13.1 Å². The van der Waals surface area contributed by atoms with E-state index < -0.39 is 6.09 Å². The number of aryl methyl sites for hydroxylation is 1. The number of amides is 1. The average molecular weight is 501 g/mol. The molecule has 1 unspecified atom stereocenters. The van der Waals surface area contributed by atoms with Crippen LogP contribution in [0.4, 0.5) is 4.79 Å². The molecule has 0 spiro atoms. The predicted molar refractivity (Wildman–Crippen MR) is 145 cm³/mol. The van der Waals surface area contributed by atoms with E-state index in [1.165, 1.54) is 16.0 Å². The topological polar surface area (TPSA) is 79.7 Å². The third kappa shape index (κ3) is 6.01. The smallest absolute Gasteiger partial charge is 0.407 e. The molecule has 1 aromatic heterocycles. The van der Waals surface area contributed by atoms with E-state index in [1.54, 1.807) is 19.2 Å². The Morgan fingerprint density at radius 2 is 1.89 bits per heavy atom. The zero-order valence-corrected chi connectivity index (χ0v) is 22.4. The third-order valence-electron chi connectivity index (χ3n) is 7.25. The van der Waals surface area contributed by atoms with Gasteiger partial charge >= 0.3 is 6.09 Å². The van der Waals surface area contributed by atoms with Crippen LogP contribution in [0.15, 0.2) is 54.7 Å². The Hall–Kier alpha value is -3.67. The van der Waals surface area contributed by atoms with E-state index in [1.807, 2.05) is 24.3 Å². The molecule has 6 nitrogen and oxygen atoms in total. The number of carbonyl (C=O) groups is 2. The number of fused-ring (bicyclic) bond motifs is 1. The second kappa shape index (κ2) is 10.8. The minimum absolute atomic E-state index is 0.00947. The van der Waals surface area contributed by atoms with Crippen molar-refractivity contribution < 1.29 is 19.4 Å². The summed E-state index contributed by atoms with van der Waals surface area (Å²) in [7, 11) is 0. The van der Waals surface area contributed by atoms with Crippen LogP contribution < -0.4 is 4.74 Å². The molecule has 0 aliphatic carbocycles. The van der Waals surface area contributed by atoms with Crippen molar-refractivity contribution in [1.29, 1.82) is 0 Å². The van der Waals surface area contributed by atoms with Gasteiger partial charge in [-0.15, -0.1) is 0 Å². The second-order valence-corrected chi connectivity index (χ2v) is 10.9. The van der Waals surface area contributed by atoms with Crippen molar-refractivity contribution >= 4 is 11.9 Å². The fraction of sp³-hybridized carbons (Fsp3) is 0.387. The highest BCUT2D eigenvalue weighted by Crippen LogP contribution is 2.41. The molecule has 37 heavy (non-hydrogen) atoms. The Morgan fingerprint density at radius 1 is 1.11 bits per heavy atom. The molecule has 2 heterocycles. The summed E-state index contributed by atoms with van der Waals surface area (Å²) in [5.74, 6) is 0.748. The third-order valence-corrected chi connectivity index (χ3v) is 7.25. The van der Waals surface area contributed by atoms with Gasteiger partial charge in [-0.3, -0.25) is 9.78 Å². The lowest BCUT2D eigenvalue weighted by Gasteiger charge is -2.33. The van der Waals surface area contributed by atoms with E-state index >= 15 is 0 Å². The largest absolute Gasteiger partial charge is 0.487 e. The Morgan fingerprint density at radius 3 is 2.57 bits per heavy atom. The number of Topliss-reactive ketones (excluding diaryl/α,β-unsaturated/α-hetero) is 1. The molecule has 3 aromatic rings. The molecular formula is C31H36N2O4. The molecule has 0 saturated heterocycles. The molecular weight excluding hydrogens is 464 g/mol. The number of pyridine rings is 1. The lowest BCUT2D eigenvalue weighted by molar-refractivity contribution is 0.101. The van der Waals surface area contributed by atoms with E-state index in [0.29, 0.717) is 37.4 Å². The molecule has 0 radical (unpaired) electrons. The first-order valence-corrected chi connectivity index (χ1v) is 12.9. The number of ketones is 1. The number of carboxylic acid groups (broad SMARTS) is 1. The van der Waals surface area contributed by atoms with Gasteiger partial charge in [-0.25, -0.2) is 4.79 Å². The Kier molecular flexibility index (Phi) is 7.67. The first-order chi connectivity index (χ1) is 17.6. The quantitative estimate of drug-likeness (QED) is 0.378. The fourth-order valence-electron chi connectivity index (χ4n) is 4.99. The lowest BCUT2D eigenvalue weighted by Crippen LogP contribution is -2.36. The summed E-state index contributed by atoms with van der Waals surface area (Å²) < 4.78 is 6.24. The standard InChI is InChI=1S/C31H36N2O4/c1-6-21-11-13-32-25(15-21)19-37-29-10-8-22(20(2)34)17-27(29)23-7-9-26-24(16-23)12-14-33(30(35)36)18-28(26)31(3,4)5/h7-11,13,15-17,28H,6,12,14,18-19H2,1-5H3,(H,35,36). The number of carbonyl (C=O) groups excluding carboxylic acids is 1. The van der Waals surface area contributed by atoms with E-state index in [4.69, 9.17) is 4.74 Å². The Labute approximate surface area is 219 Å². The van der Waals surface area contributed by atoms with E-state index in [9.17, 15) is 14.7 Å². The minimum atomic E-state index is -0.882. The first-order valence-electron chi connectivity index (χ1n) is 12.9. The van der Waals surface area contributed by atoms with Gasteiger partial charge < -0.3 is 14.7 Å². The minimum Gasteiger partial charge on any atom is -0.487 e. The lowest BCUT2D eigenvalue weighted by atomic mass is 9.74. The van der Waals surface area contributed by atoms with Gasteiger partial charge in [0.05, 0.1) is 5.69 Å². The average Bonchev–Trinajstić information content (AvgIpc) is 3.07. The molecule has 2 aromatic carbocycles. The van der Waals surface area contributed by atoms with Crippen LogP contribution >= 0.6 is 0 Å². The van der Waals surface area contributed by atoms with Gasteiger partial charge in [0, 0.05) is 36.3 Å². The molecule has 0 fully saturated rings. The Balaban J connectivity index is 1.73. The summed E-state index contributed by atoms with van der Waals surface area (Å²) in [6.45, 7) is 11.4. The number of ether oxygens (including phenoxy) is 1. The molecule has 4 rings (SSSR count). The van der Waals surface area contributed by atoms with Gasteiger partial charge in [0.2, 0.25) is 0 Å². The summed E-state index contributed by atoms with van der Waals surface area (Å²) in [4.78, 5) is 30.0. The molecule has 1 aliphatic heterocycles. The van der Waals surface area contributed by atoms with Gasteiger partial charge in [0.15, 0.2) is 5.78 Å². The summed E-state index contributed by atoms with van der Waals surface area (Å²) in [5, 5.41) is 9.74. The number of aromatic nitrogens is 1. The summed E-state index contributed by atoms with van der Waals surface area (Å²) in [6, 6.07) is 15.9. The number of rotatable bonds is 6. The monoisotopic (exact) mass is 500 g/mol. The van der Waals surface area contributed by atoms with Crippen LogP contribution in [0.25, 0.3) is 11.1 Å². The maximum absolute atomic E-state index is 12.2. The van der Waals surface area contributed by atoms with E-state index in [2.05, 4.69) is 50.9 Å². The van der Waals surface area contributed by atoms with Crippen molar-refractivity contribution in [3.05, 3.63) is 82.7 Å².